The molecule has 1 atom stereocenters. The quantitative estimate of drug-likeness (QED) is 0.299. The number of hydrogen-bond donors (Lipinski definition) is 0. The first-order chi connectivity index (χ1) is 8.91. The summed E-state index contributed by atoms with van der Waals surface area (Å²) in [5.74, 6) is 0.910. The van der Waals surface area contributed by atoms with Crippen LogP contribution in [0.3, 0.4) is 0 Å². The van der Waals surface area contributed by atoms with Gasteiger partial charge in [-0.1, -0.05) is 42.7 Å². The van der Waals surface area contributed by atoms with Crippen LogP contribution in [0.2, 0.25) is 0 Å². The maximum atomic E-state index is 10.8. The highest BCUT2D eigenvalue weighted by Crippen LogP contribution is 2.17. The minimum Gasteiger partial charge on any atom is -0.295 e. The predicted octanol–water partition coefficient (Wildman–Crippen LogP) is 5.63. The summed E-state index contributed by atoms with van der Waals surface area (Å²) in [6.45, 7) is 10.4. The van der Waals surface area contributed by atoms with E-state index in [9.17, 15) is 4.79 Å². The van der Waals surface area contributed by atoms with Gasteiger partial charge in [0.2, 0.25) is 0 Å². The molecular formula is C18H30O. The lowest BCUT2D eigenvalue weighted by Crippen LogP contribution is -1.94. The third kappa shape index (κ3) is 13.1. The van der Waals surface area contributed by atoms with Crippen molar-refractivity contribution in [2.75, 3.05) is 0 Å². The van der Waals surface area contributed by atoms with Crippen LogP contribution in [-0.2, 0) is 4.79 Å². The van der Waals surface area contributed by atoms with E-state index in [-0.39, 0.29) is 5.78 Å². The van der Waals surface area contributed by atoms with Gasteiger partial charge in [-0.2, -0.15) is 0 Å². The van der Waals surface area contributed by atoms with Crippen LogP contribution in [0.1, 0.15) is 66.7 Å². The lowest BCUT2D eigenvalue weighted by Gasteiger charge is -2.09. The number of allylic oxidation sites excluding steroid dienone is 6. The van der Waals surface area contributed by atoms with E-state index in [1.807, 2.05) is 6.08 Å². The maximum absolute atomic E-state index is 10.8. The number of hydrogen-bond acceptors (Lipinski definition) is 1. The number of carbonyl (C=O) groups is 1. The van der Waals surface area contributed by atoms with Crippen molar-refractivity contribution in [1.82, 2.24) is 0 Å². The highest BCUT2D eigenvalue weighted by Gasteiger charge is 2.01. The van der Waals surface area contributed by atoms with Crippen LogP contribution in [0.4, 0.5) is 0 Å². The fourth-order valence-corrected chi connectivity index (χ4v) is 1.96. The Kier molecular flexibility index (Phi) is 10.1. The average molecular weight is 262 g/mol. The highest BCUT2D eigenvalue weighted by molar-refractivity contribution is 5.87. The second kappa shape index (κ2) is 10.8. The molecule has 0 heterocycles. The average Bonchev–Trinajstić information content (AvgIpc) is 2.27. The molecule has 0 spiro atoms. The molecule has 0 aliphatic rings. The minimum absolute atomic E-state index is 0.108. The molecule has 0 bridgehead atoms. The van der Waals surface area contributed by atoms with Gasteiger partial charge < -0.3 is 0 Å². The number of rotatable bonds is 9. The fourth-order valence-electron chi connectivity index (χ4n) is 1.96. The molecule has 1 heteroatoms. The van der Waals surface area contributed by atoms with Crippen LogP contribution in [0.25, 0.3) is 0 Å². The molecule has 0 aliphatic heterocycles. The third-order valence-corrected chi connectivity index (χ3v) is 3.19. The topological polar surface area (TPSA) is 17.1 Å². The van der Waals surface area contributed by atoms with Gasteiger partial charge in [0.15, 0.2) is 5.78 Å². The normalized spacial score (nSPS) is 13.6. The van der Waals surface area contributed by atoms with E-state index in [4.69, 9.17) is 0 Å². The molecule has 0 fully saturated rings. The molecule has 1 unspecified atom stereocenters. The van der Waals surface area contributed by atoms with Gasteiger partial charge in [-0.3, -0.25) is 4.79 Å². The van der Waals surface area contributed by atoms with Crippen LogP contribution < -0.4 is 0 Å². The zero-order valence-electron chi connectivity index (χ0n) is 13.3. The summed E-state index contributed by atoms with van der Waals surface area (Å²) in [7, 11) is 0. The Morgan fingerprint density at radius 2 is 1.79 bits per heavy atom. The SMILES string of the molecule is CC(=O)C=CC=C(C)CCCC(C)CCC=C(C)C. The summed E-state index contributed by atoms with van der Waals surface area (Å²) in [5.41, 5.74) is 2.78. The van der Waals surface area contributed by atoms with Crippen molar-refractivity contribution >= 4 is 5.78 Å². The third-order valence-electron chi connectivity index (χ3n) is 3.19. The molecule has 0 aromatic carbocycles. The van der Waals surface area contributed by atoms with E-state index in [0.29, 0.717) is 0 Å². The van der Waals surface area contributed by atoms with Crippen LogP contribution >= 0.6 is 0 Å². The Morgan fingerprint density at radius 1 is 1.11 bits per heavy atom. The van der Waals surface area contributed by atoms with E-state index in [1.54, 1.807) is 13.0 Å². The van der Waals surface area contributed by atoms with Gasteiger partial charge in [-0.05, 0) is 65.4 Å². The Hall–Kier alpha value is -1.11. The van der Waals surface area contributed by atoms with E-state index in [2.05, 4.69) is 39.8 Å². The van der Waals surface area contributed by atoms with E-state index in [1.165, 1.54) is 36.8 Å². The van der Waals surface area contributed by atoms with Crippen molar-refractivity contribution in [3.63, 3.8) is 0 Å². The van der Waals surface area contributed by atoms with Crippen LogP contribution in [-0.4, -0.2) is 5.78 Å². The number of carbonyl (C=O) groups excluding carboxylic acids is 1. The molecule has 108 valence electrons. The summed E-state index contributed by atoms with van der Waals surface area (Å²) in [5, 5.41) is 0. The van der Waals surface area contributed by atoms with Crippen molar-refractivity contribution in [2.24, 2.45) is 5.92 Å². The molecular weight excluding hydrogens is 232 g/mol. The highest BCUT2D eigenvalue weighted by atomic mass is 16.1. The van der Waals surface area contributed by atoms with Crippen molar-refractivity contribution in [3.8, 4) is 0 Å². The number of ketones is 1. The summed E-state index contributed by atoms with van der Waals surface area (Å²) >= 11 is 0. The summed E-state index contributed by atoms with van der Waals surface area (Å²) in [4.78, 5) is 10.8. The smallest absolute Gasteiger partial charge is 0.152 e. The molecule has 0 radical (unpaired) electrons. The summed E-state index contributed by atoms with van der Waals surface area (Å²) < 4.78 is 0. The Labute approximate surface area is 119 Å². The lowest BCUT2D eigenvalue weighted by molar-refractivity contribution is -0.112. The molecule has 1 nitrogen and oxygen atoms in total. The summed E-state index contributed by atoms with van der Waals surface area (Å²) in [6.07, 6.45) is 14.0. The van der Waals surface area contributed by atoms with Crippen molar-refractivity contribution < 1.29 is 4.79 Å². The minimum atomic E-state index is 0.108. The lowest BCUT2D eigenvalue weighted by atomic mass is 9.97. The van der Waals surface area contributed by atoms with Gasteiger partial charge in [0.1, 0.15) is 0 Å². The Bertz CT molecular complexity index is 341. The van der Waals surface area contributed by atoms with E-state index in [0.717, 1.165) is 12.3 Å². The Balaban J connectivity index is 3.77. The molecule has 19 heavy (non-hydrogen) atoms. The monoisotopic (exact) mass is 262 g/mol. The zero-order chi connectivity index (χ0) is 14.7. The second-order valence-electron chi connectivity index (χ2n) is 5.84. The maximum Gasteiger partial charge on any atom is 0.152 e. The van der Waals surface area contributed by atoms with Crippen molar-refractivity contribution in [3.05, 3.63) is 35.5 Å². The van der Waals surface area contributed by atoms with E-state index < -0.39 is 0 Å². The molecule has 0 aromatic rings. The van der Waals surface area contributed by atoms with Gasteiger partial charge in [0, 0.05) is 0 Å². The Morgan fingerprint density at radius 3 is 2.37 bits per heavy atom. The molecule has 0 aliphatic carbocycles. The van der Waals surface area contributed by atoms with Crippen molar-refractivity contribution in [1.29, 1.82) is 0 Å². The fraction of sp³-hybridized carbons (Fsp3) is 0.611. The van der Waals surface area contributed by atoms with Gasteiger partial charge in [0.25, 0.3) is 0 Å². The van der Waals surface area contributed by atoms with Gasteiger partial charge in [-0.25, -0.2) is 0 Å². The molecule has 0 rings (SSSR count). The first-order valence-corrected chi connectivity index (χ1v) is 7.39. The van der Waals surface area contributed by atoms with Gasteiger partial charge in [-0.15, -0.1) is 0 Å². The predicted molar refractivity (Wildman–Crippen MR) is 85.3 cm³/mol. The first-order valence-electron chi connectivity index (χ1n) is 7.39. The standard InChI is InChI=1S/C18H30O/c1-15(2)9-6-10-16(3)11-7-12-17(4)13-8-14-18(5)19/h8-9,13-14,16H,6-7,10-12H2,1-5H3. The van der Waals surface area contributed by atoms with Crippen molar-refractivity contribution in [2.45, 2.75) is 66.7 Å². The second-order valence-corrected chi connectivity index (χ2v) is 5.84. The molecule has 0 saturated carbocycles. The molecule has 0 amide bonds. The molecule has 0 aromatic heterocycles. The zero-order valence-corrected chi connectivity index (χ0v) is 13.3. The molecule has 0 saturated heterocycles. The first kappa shape index (κ1) is 17.9. The van der Waals surface area contributed by atoms with Gasteiger partial charge >= 0.3 is 0 Å². The van der Waals surface area contributed by atoms with Crippen LogP contribution in [0.15, 0.2) is 35.5 Å². The van der Waals surface area contributed by atoms with Crippen LogP contribution in [0, 0.1) is 5.92 Å². The van der Waals surface area contributed by atoms with Gasteiger partial charge in [0.05, 0.1) is 0 Å². The molecule has 0 N–H and O–H groups in total. The van der Waals surface area contributed by atoms with E-state index >= 15 is 0 Å². The largest absolute Gasteiger partial charge is 0.295 e. The van der Waals surface area contributed by atoms with Crippen LogP contribution in [0.5, 0.6) is 0 Å². The summed E-state index contributed by atoms with van der Waals surface area (Å²) in [6, 6.07) is 0.